The molecule has 0 aromatic heterocycles. The van der Waals surface area contributed by atoms with Gasteiger partial charge in [0.05, 0.1) is 6.04 Å². The van der Waals surface area contributed by atoms with E-state index < -0.39 is 6.04 Å². The molecule has 1 unspecified atom stereocenters. The number of rotatable bonds is 5. The number of anilines is 1. The summed E-state index contributed by atoms with van der Waals surface area (Å²) in [6.45, 7) is 2.07. The van der Waals surface area contributed by atoms with Crippen molar-refractivity contribution in [3.8, 4) is 0 Å². The Morgan fingerprint density at radius 2 is 2.06 bits per heavy atom. The molecule has 0 heterocycles. The molecule has 0 fully saturated rings. The number of hydrogen-bond donors (Lipinski definition) is 2. The topological polar surface area (TPSA) is 55.1 Å². The Hall–Kier alpha value is -1.06. The van der Waals surface area contributed by atoms with E-state index in [1.165, 1.54) is 0 Å². The largest absolute Gasteiger partial charge is 0.325 e. The second kappa shape index (κ2) is 6.51. The van der Waals surface area contributed by atoms with Gasteiger partial charge in [0.15, 0.2) is 0 Å². The van der Waals surface area contributed by atoms with Gasteiger partial charge in [0, 0.05) is 10.7 Å². The molecule has 0 radical (unpaired) electrons. The van der Waals surface area contributed by atoms with Gasteiger partial charge in [0.1, 0.15) is 0 Å². The molecular weight excluding hydrogens is 224 g/mol. The highest BCUT2D eigenvalue weighted by Crippen LogP contribution is 2.13. The third kappa shape index (κ3) is 4.21. The predicted molar refractivity (Wildman–Crippen MR) is 67.6 cm³/mol. The minimum atomic E-state index is -0.435. The minimum absolute atomic E-state index is 0.143. The third-order valence-corrected chi connectivity index (χ3v) is 2.57. The molecule has 0 bridgehead atoms. The van der Waals surface area contributed by atoms with Crippen LogP contribution in [-0.2, 0) is 4.79 Å². The zero-order chi connectivity index (χ0) is 12.0. The van der Waals surface area contributed by atoms with E-state index in [-0.39, 0.29) is 5.91 Å². The number of halogens is 1. The van der Waals surface area contributed by atoms with E-state index in [0.717, 1.165) is 24.9 Å². The quantitative estimate of drug-likeness (QED) is 0.832. The summed E-state index contributed by atoms with van der Waals surface area (Å²) in [5.74, 6) is -0.143. The number of unbranched alkanes of at least 4 members (excludes halogenated alkanes) is 1. The monoisotopic (exact) mass is 240 g/mol. The van der Waals surface area contributed by atoms with E-state index in [1.54, 1.807) is 24.3 Å². The summed E-state index contributed by atoms with van der Waals surface area (Å²) in [5, 5.41) is 3.40. The Balaban J connectivity index is 2.47. The molecule has 0 saturated heterocycles. The van der Waals surface area contributed by atoms with Crippen molar-refractivity contribution in [2.75, 3.05) is 5.32 Å². The van der Waals surface area contributed by atoms with E-state index in [2.05, 4.69) is 12.2 Å². The molecule has 16 heavy (non-hydrogen) atoms. The van der Waals surface area contributed by atoms with Crippen LogP contribution in [0.4, 0.5) is 5.69 Å². The van der Waals surface area contributed by atoms with E-state index in [0.29, 0.717) is 5.02 Å². The maximum absolute atomic E-state index is 11.6. The second-order valence-corrected chi connectivity index (χ2v) is 4.18. The summed E-state index contributed by atoms with van der Waals surface area (Å²) < 4.78 is 0. The fraction of sp³-hybridized carbons (Fsp3) is 0.417. The Morgan fingerprint density at radius 1 is 1.44 bits per heavy atom. The highest BCUT2D eigenvalue weighted by atomic mass is 35.5. The average Bonchev–Trinajstić information content (AvgIpc) is 2.29. The molecule has 1 atom stereocenters. The van der Waals surface area contributed by atoms with Gasteiger partial charge in [-0.05, 0) is 30.7 Å². The van der Waals surface area contributed by atoms with Crippen LogP contribution in [0.5, 0.6) is 0 Å². The molecule has 0 aliphatic carbocycles. The van der Waals surface area contributed by atoms with Gasteiger partial charge in [-0.2, -0.15) is 0 Å². The lowest BCUT2D eigenvalue weighted by Crippen LogP contribution is -2.35. The van der Waals surface area contributed by atoms with Crippen LogP contribution < -0.4 is 11.1 Å². The standard InChI is InChI=1S/C12H17ClN2O/c1-2-3-4-11(14)12(16)15-10-7-5-9(13)6-8-10/h5-8,11H,2-4,14H2,1H3,(H,15,16). The average molecular weight is 241 g/mol. The van der Waals surface area contributed by atoms with Crippen LogP contribution in [0.15, 0.2) is 24.3 Å². The van der Waals surface area contributed by atoms with E-state index >= 15 is 0 Å². The van der Waals surface area contributed by atoms with Crippen molar-refractivity contribution in [3.63, 3.8) is 0 Å². The first-order valence-electron chi connectivity index (χ1n) is 5.45. The number of nitrogens with one attached hydrogen (secondary N) is 1. The van der Waals surface area contributed by atoms with Crippen LogP contribution in [-0.4, -0.2) is 11.9 Å². The normalized spacial score (nSPS) is 12.2. The fourth-order valence-electron chi connectivity index (χ4n) is 1.32. The molecule has 1 aromatic rings. The molecule has 1 aromatic carbocycles. The molecule has 4 heteroatoms. The van der Waals surface area contributed by atoms with Gasteiger partial charge in [-0.1, -0.05) is 31.4 Å². The highest BCUT2D eigenvalue weighted by Gasteiger charge is 2.12. The number of nitrogens with two attached hydrogens (primary N) is 1. The molecule has 0 saturated carbocycles. The molecule has 3 N–H and O–H groups in total. The van der Waals surface area contributed by atoms with Gasteiger partial charge in [-0.25, -0.2) is 0 Å². The SMILES string of the molecule is CCCCC(N)C(=O)Nc1ccc(Cl)cc1. The number of carbonyl (C=O) groups is 1. The number of amides is 1. The molecule has 0 aliphatic rings. The van der Waals surface area contributed by atoms with Crippen LogP contribution in [0.1, 0.15) is 26.2 Å². The summed E-state index contributed by atoms with van der Waals surface area (Å²) in [5.41, 5.74) is 6.47. The zero-order valence-corrected chi connectivity index (χ0v) is 10.1. The first-order valence-corrected chi connectivity index (χ1v) is 5.83. The maximum Gasteiger partial charge on any atom is 0.241 e. The molecule has 3 nitrogen and oxygen atoms in total. The van der Waals surface area contributed by atoms with Crippen LogP contribution in [0.3, 0.4) is 0 Å². The lowest BCUT2D eigenvalue weighted by atomic mass is 10.1. The summed E-state index contributed by atoms with van der Waals surface area (Å²) in [4.78, 5) is 11.6. The molecular formula is C12H17ClN2O. The first kappa shape index (κ1) is 13.0. The van der Waals surface area contributed by atoms with Gasteiger partial charge in [-0.3, -0.25) is 4.79 Å². The van der Waals surface area contributed by atoms with Gasteiger partial charge in [0.25, 0.3) is 0 Å². The van der Waals surface area contributed by atoms with Gasteiger partial charge in [0.2, 0.25) is 5.91 Å². The van der Waals surface area contributed by atoms with Crippen LogP contribution in [0.2, 0.25) is 5.02 Å². The van der Waals surface area contributed by atoms with Crippen LogP contribution >= 0.6 is 11.6 Å². The Kier molecular flexibility index (Phi) is 5.29. The number of carbonyl (C=O) groups excluding carboxylic acids is 1. The smallest absolute Gasteiger partial charge is 0.241 e. The van der Waals surface area contributed by atoms with Gasteiger partial charge >= 0.3 is 0 Å². The summed E-state index contributed by atoms with van der Waals surface area (Å²) in [6.07, 6.45) is 2.73. The summed E-state index contributed by atoms with van der Waals surface area (Å²) in [6, 6.07) is 6.54. The molecule has 1 rings (SSSR count). The van der Waals surface area contributed by atoms with Crippen LogP contribution in [0, 0.1) is 0 Å². The van der Waals surface area contributed by atoms with Crippen molar-refractivity contribution >= 4 is 23.2 Å². The lowest BCUT2D eigenvalue weighted by molar-refractivity contribution is -0.117. The molecule has 0 aliphatic heterocycles. The van der Waals surface area contributed by atoms with Crippen molar-refractivity contribution in [1.29, 1.82) is 0 Å². The highest BCUT2D eigenvalue weighted by molar-refractivity contribution is 6.30. The zero-order valence-electron chi connectivity index (χ0n) is 9.37. The minimum Gasteiger partial charge on any atom is -0.325 e. The Morgan fingerprint density at radius 3 is 2.62 bits per heavy atom. The number of hydrogen-bond acceptors (Lipinski definition) is 2. The fourth-order valence-corrected chi connectivity index (χ4v) is 1.45. The van der Waals surface area contributed by atoms with E-state index in [1.807, 2.05) is 0 Å². The lowest BCUT2D eigenvalue weighted by Gasteiger charge is -2.11. The Labute approximate surface area is 101 Å². The summed E-state index contributed by atoms with van der Waals surface area (Å²) in [7, 11) is 0. The van der Waals surface area contributed by atoms with Crippen molar-refractivity contribution in [1.82, 2.24) is 0 Å². The van der Waals surface area contributed by atoms with E-state index in [4.69, 9.17) is 17.3 Å². The first-order chi connectivity index (χ1) is 7.63. The van der Waals surface area contributed by atoms with Gasteiger partial charge < -0.3 is 11.1 Å². The van der Waals surface area contributed by atoms with Crippen molar-refractivity contribution in [2.45, 2.75) is 32.2 Å². The van der Waals surface area contributed by atoms with Crippen LogP contribution in [0.25, 0.3) is 0 Å². The van der Waals surface area contributed by atoms with E-state index in [9.17, 15) is 4.79 Å². The third-order valence-electron chi connectivity index (χ3n) is 2.32. The second-order valence-electron chi connectivity index (χ2n) is 3.74. The van der Waals surface area contributed by atoms with Crippen molar-refractivity contribution in [3.05, 3.63) is 29.3 Å². The molecule has 1 amide bonds. The van der Waals surface area contributed by atoms with Gasteiger partial charge in [-0.15, -0.1) is 0 Å². The molecule has 0 spiro atoms. The Bertz CT molecular complexity index is 337. The van der Waals surface area contributed by atoms with Crippen molar-refractivity contribution in [2.24, 2.45) is 5.73 Å². The summed E-state index contributed by atoms with van der Waals surface area (Å²) >= 11 is 5.74. The number of benzene rings is 1. The molecule has 88 valence electrons. The predicted octanol–water partition coefficient (Wildman–Crippen LogP) is 2.80. The van der Waals surface area contributed by atoms with Crippen molar-refractivity contribution < 1.29 is 4.79 Å². The maximum atomic E-state index is 11.6.